The summed E-state index contributed by atoms with van der Waals surface area (Å²) in [6.45, 7) is 0. The Morgan fingerprint density at radius 3 is 2.85 bits per heavy atom. The molecule has 1 saturated heterocycles. The third-order valence-electron chi connectivity index (χ3n) is 4.45. The van der Waals surface area contributed by atoms with Gasteiger partial charge in [0.15, 0.2) is 9.84 Å². The standard InChI is InChI=1S/C19H19N3O3S2/c23-18(11-26-15-8-9-27(24,25)12-15)20-14-5-3-4-13(10-14)19-21-16-6-1-2-7-17(16)22-19/h1-7,10,15H,8-9,11-12H2,(H,20,23)(H,21,22). The van der Waals surface area contributed by atoms with Crippen LogP contribution in [0.15, 0.2) is 48.5 Å². The third kappa shape index (κ3) is 4.33. The van der Waals surface area contributed by atoms with Crippen LogP contribution in [0.5, 0.6) is 0 Å². The normalized spacial score (nSPS) is 18.6. The number of H-pyrrole nitrogens is 1. The summed E-state index contributed by atoms with van der Waals surface area (Å²) in [4.78, 5) is 20.1. The number of sulfone groups is 1. The number of anilines is 1. The maximum atomic E-state index is 12.2. The topological polar surface area (TPSA) is 91.9 Å². The number of benzene rings is 2. The number of amides is 1. The summed E-state index contributed by atoms with van der Waals surface area (Å²) in [7, 11) is -2.91. The van der Waals surface area contributed by atoms with Crippen LogP contribution in [-0.2, 0) is 14.6 Å². The molecule has 2 heterocycles. The molecule has 8 heteroatoms. The number of nitrogens with one attached hydrogen (secondary N) is 2. The van der Waals surface area contributed by atoms with Gasteiger partial charge in [0.25, 0.3) is 0 Å². The molecule has 27 heavy (non-hydrogen) atoms. The minimum Gasteiger partial charge on any atom is -0.338 e. The number of aromatic amines is 1. The predicted molar refractivity (Wildman–Crippen MR) is 110 cm³/mol. The Hall–Kier alpha value is -2.32. The van der Waals surface area contributed by atoms with Crippen molar-refractivity contribution >= 4 is 44.2 Å². The summed E-state index contributed by atoms with van der Waals surface area (Å²) in [6, 6.07) is 15.3. The number of para-hydroxylation sites is 2. The molecule has 0 saturated carbocycles. The fourth-order valence-electron chi connectivity index (χ4n) is 3.12. The minimum absolute atomic E-state index is 0.0163. The van der Waals surface area contributed by atoms with Crippen molar-refractivity contribution in [2.24, 2.45) is 0 Å². The van der Waals surface area contributed by atoms with Gasteiger partial charge >= 0.3 is 0 Å². The van der Waals surface area contributed by atoms with Crippen molar-refractivity contribution in [1.29, 1.82) is 0 Å². The second-order valence-electron chi connectivity index (χ2n) is 6.57. The molecule has 1 aliphatic rings. The van der Waals surface area contributed by atoms with E-state index >= 15 is 0 Å². The van der Waals surface area contributed by atoms with Gasteiger partial charge < -0.3 is 10.3 Å². The summed E-state index contributed by atoms with van der Waals surface area (Å²) < 4.78 is 23.0. The van der Waals surface area contributed by atoms with Crippen LogP contribution in [0.1, 0.15) is 6.42 Å². The van der Waals surface area contributed by atoms with E-state index < -0.39 is 9.84 Å². The van der Waals surface area contributed by atoms with Gasteiger partial charge in [-0.15, -0.1) is 11.8 Å². The molecular formula is C19H19N3O3S2. The number of carbonyl (C=O) groups is 1. The smallest absolute Gasteiger partial charge is 0.234 e. The molecule has 2 aromatic carbocycles. The van der Waals surface area contributed by atoms with Crippen LogP contribution in [0.25, 0.3) is 22.4 Å². The average molecular weight is 402 g/mol. The number of hydrogen-bond donors (Lipinski definition) is 2. The molecule has 1 fully saturated rings. The van der Waals surface area contributed by atoms with Gasteiger partial charge in [-0.1, -0.05) is 24.3 Å². The zero-order valence-corrected chi connectivity index (χ0v) is 16.1. The summed E-state index contributed by atoms with van der Waals surface area (Å²) in [5.74, 6) is 1.26. The van der Waals surface area contributed by atoms with Gasteiger partial charge in [0.1, 0.15) is 5.82 Å². The number of hydrogen-bond acceptors (Lipinski definition) is 5. The quantitative estimate of drug-likeness (QED) is 0.685. The SMILES string of the molecule is O=C(CSC1CCS(=O)(=O)C1)Nc1cccc(-c2nc3ccccc3[nH]2)c1. The van der Waals surface area contributed by atoms with Crippen LogP contribution < -0.4 is 5.32 Å². The molecule has 0 aliphatic carbocycles. The zero-order valence-electron chi connectivity index (χ0n) is 14.5. The lowest BCUT2D eigenvalue weighted by molar-refractivity contribution is -0.113. The lowest BCUT2D eigenvalue weighted by Gasteiger charge is -2.09. The van der Waals surface area contributed by atoms with Crippen molar-refractivity contribution in [3.63, 3.8) is 0 Å². The maximum Gasteiger partial charge on any atom is 0.234 e. The first-order valence-electron chi connectivity index (χ1n) is 8.66. The van der Waals surface area contributed by atoms with E-state index in [-0.39, 0.29) is 28.4 Å². The Bertz CT molecular complexity index is 1060. The number of rotatable bonds is 5. The molecule has 140 valence electrons. The van der Waals surface area contributed by atoms with Gasteiger partial charge in [-0.25, -0.2) is 13.4 Å². The Balaban J connectivity index is 1.41. The van der Waals surface area contributed by atoms with E-state index in [1.54, 1.807) is 0 Å². The van der Waals surface area contributed by atoms with Gasteiger partial charge in [-0.05, 0) is 30.7 Å². The molecule has 1 aliphatic heterocycles. The number of fused-ring (bicyclic) bond motifs is 1. The summed E-state index contributed by atoms with van der Waals surface area (Å²) in [6.07, 6.45) is 0.627. The summed E-state index contributed by atoms with van der Waals surface area (Å²) in [5.41, 5.74) is 3.44. The number of imidazole rings is 1. The van der Waals surface area contributed by atoms with Crippen LogP contribution in [0.3, 0.4) is 0 Å². The number of thioether (sulfide) groups is 1. The van der Waals surface area contributed by atoms with Crippen LogP contribution in [-0.4, -0.2) is 46.8 Å². The van der Waals surface area contributed by atoms with Gasteiger partial charge in [0, 0.05) is 16.5 Å². The van der Waals surface area contributed by atoms with Crippen molar-refractivity contribution in [1.82, 2.24) is 9.97 Å². The van der Waals surface area contributed by atoms with Gasteiger partial charge in [0.2, 0.25) is 5.91 Å². The largest absolute Gasteiger partial charge is 0.338 e. The van der Waals surface area contributed by atoms with Crippen LogP contribution in [0, 0.1) is 0 Å². The van der Waals surface area contributed by atoms with Crippen molar-refractivity contribution in [2.45, 2.75) is 11.7 Å². The monoisotopic (exact) mass is 401 g/mol. The molecule has 2 N–H and O–H groups in total. The van der Waals surface area contributed by atoms with Gasteiger partial charge in [0.05, 0.1) is 28.3 Å². The van der Waals surface area contributed by atoms with E-state index in [2.05, 4.69) is 15.3 Å². The molecule has 0 spiro atoms. The first-order chi connectivity index (χ1) is 13.0. The van der Waals surface area contributed by atoms with E-state index in [1.807, 2.05) is 48.5 Å². The molecule has 3 aromatic rings. The predicted octanol–water partition coefficient (Wildman–Crippen LogP) is 3.09. The highest BCUT2D eigenvalue weighted by Gasteiger charge is 2.28. The van der Waals surface area contributed by atoms with Crippen LogP contribution >= 0.6 is 11.8 Å². The third-order valence-corrected chi connectivity index (χ3v) is 7.73. The Morgan fingerprint density at radius 2 is 2.07 bits per heavy atom. The van der Waals surface area contributed by atoms with Crippen molar-refractivity contribution in [2.75, 3.05) is 22.6 Å². The molecule has 1 atom stereocenters. The molecule has 4 rings (SSSR count). The zero-order chi connectivity index (χ0) is 18.9. The average Bonchev–Trinajstić information content (AvgIpc) is 3.23. The second kappa shape index (κ2) is 7.36. The molecule has 0 radical (unpaired) electrons. The fraction of sp³-hybridized carbons (Fsp3) is 0.263. The fourth-order valence-corrected chi connectivity index (χ4v) is 6.56. The summed E-state index contributed by atoms with van der Waals surface area (Å²) in [5, 5.41) is 2.90. The molecule has 6 nitrogen and oxygen atoms in total. The van der Waals surface area contributed by atoms with Crippen LogP contribution in [0.4, 0.5) is 5.69 Å². The van der Waals surface area contributed by atoms with Crippen molar-refractivity contribution < 1.29 is 13.2 Å². The lowest BCUT2D eigenvalue weighted by Crippen LogP contribution is -2.17. The molecule has 1 aromatic heterocycles. The van der Waals surface area contributed by atoms with E-state index in [0.717, 1.165) is 22.4 Å². The highest BCUT2D eigenvalue weighted by molar-refractivity contribution is 8.02. The number of carbonyl (C=O) groups excluding carboxylic acids is 1. The van der Waals surface area contributed by atoms with E-state index in [1.165, 1.54) is 11.8 Å². The number of aromatic nitrogens is 2. The minimum atomic E-state index is -2.91. The Labute approximate surface area is 161 Å². The molecule has 1 unspecified atom stereocenters. The van der Waals surface area contributed by atoms with Crippen molar-refractivity contribution in [3.05, 3.63) is 48.5 Å². The van der Waals surface area contributed by atoms with Gasteiger partial charge in [-0.3, -0.25) is 4.79 Å². The van der Waals surface area contributed by atoms with Gasteiger partial charge in [-0.2, -0.15) is 0 Å². The Morgan fingerprint density at radius 1 is 1.22 bits per heavy atom. The maximum absolute atomic E-state index is 12.2. The number of nitrogens with zero attached hydrogens (tertiary/aromatic N) is 1. The molecule has 0 bridgehead atoms. The van der Waals surface area contributed by atoms with E-state index in [9.17, 15) is 13.2 Å². The highest BCUT2D eigenvalue weighted by Crippen LogP contribution is 2.25. The lowest BCUT2D eigenvalue weighted by atomic mass is 10.2. The summed E-state index contributed by atoms with van der Waals surface area (Å²) >= 11 is 1.41. The van der Waals surface area contributed by atoms with E-state index in [4.69, 9.17) is 0 Å². The first kappa shape index (κ1) is 18.1. The second-order valence-corrected chi connectivity index (χ2v) is 10.1. The Kier molecular flexibility index (Phi) is 4.92. The van der Waals surface area contributed by atoms with Crippen molar-refractivity contribution in [3.8, 4) is 11.4 Å². The highest BCUT2D eigenvalue weighted by atomic mass is 32.2. The molecule has 1 amide bonds. The van der Waals surface area contributed by atoms with Crippen LogP contribution in [0.2, 0.25) is 0 Å². The first-order valence-corrected chi connectivity index (χ1v) is 11.5. The van der Waals surface area contributed by atoms with E-state index in [0.29, 0.717) is 12.1 Å². The molecular weight excluding hydrogens is 382 g/mol.